The van der Waals surface area contributed by atoms with E-state index in [1.807, 2.05) is 4.68 Å². The Morgan fingerprint density at radius 2 is 2.10 bits per heavy atom. The van der Waals surface area contributed by atoms with Gasteiger partial charge in [-0.05, 0) is 48.4 Å². The molecule has 1 aromatic heterocycles. The number of hydrogen-bond acceptors (Lipinski definition) is 5. The van der Waals surface area contributed by atoms with E-state index in [0.717, 1.165) is 23.9 Å². The van der Waals surface area contributed by atoms with E-state index >= 15 is 0 Å². The molecule has 2 fully saturated rings. The van der Waals surface area contributed by atoms with E-state index in [-0.39, 0.29) is 5.92 Å². The van der Waals surface area contributed by atoms with Crippen LogP contribution in [-0.4, -0.2) is 25.5 Å². The Hall–Kier alpha value is -1.09. The summed E-state index contributed by atoms with van der Waals surface area (Å²) >= 11 is 1.74. The standard InChI is InChI=1S/C15H23N5S/c1-2-11-7-8-12(10-16)14(9-11)21-15-17-18-19-20(15)13-5-3-4-6-13/h11-14H,2-9H2,1H3. The third-order valence-electron chi connectivity index (χ3n) is 5.03. The van der Waals surface area contributed by atoms with Crippen molar-refractivity contribution in [2.75, 3.05) is 0 Å². The zero-order chi connectivity index (χ0) is 14.7. The number of tetrazole rings is 1. The molecule has 5 nitrogen and oxygen atoms in total. The molecule has 0 amide bonds. The second-order valence-electron chi connectivity index (χ2n) is 6.32. The highest BCUT2D eigenvalue weighted by molar-refractivity contribution is 7.99. The molecule has 114 valence electrons. The molecule has 2 aliphatic rings. The van der Waals surface area contributed by atoms with E-state index in [0.29, 0.717) is 11.3 Å². The van der Waals surface area contributed by atoms with Gasteiger partial charge < -0.3 is 0 Å². The van der Waals surface area contributed by atoms with Crippen molar-refractivity contribution in [2.24, 2.45) is 11.8 Å². The van der Waals surface area contributed by atoms with Crippen LogP contribution in [0.4, 0.5) is 0 Å². The van der Waals surface area contributed by atoms with Gasteiger partial charge in [-0.2, -0.15) is 5.26 Å². The molecule has 3 atom stereocenters. The number of nitriles is 1. The second kappa shape index (κ2) is 6.78. The topological polar surface area (TPSA) is 67.4 Å². The van der Waals surface area contributed by atoms with Gasteiger partial charge in [-0.25, -0.2) is 4.68 Å². The Kier molecular flexibility index (Phi) is 4.79. The van der Waals surface area contributed by atoms with Crippen LogP contribution in [-0.2, 0) is 0 Å². The average molecular weight is 305 g/mol. The van der Waals surface area contributed by atoms with Crippen molar-refractivity contribution in [3.63, 3.8) is 0 Å². The Morgan fingerprint density at radius 1 is 1.29 bits per heavy atom. The first-order valence-corrected chi connectivity index (χ1v) is 9.04. The lowest BCUT2D eigenvalue weighted by Gasteiger charge is -2.31. The molecule has 1 aromatic rings. The molecule has 0 aliphatic heterocycles. The molecule has 3 unspecified atom stereocenters. The van der Waals surface area contributed by atoms with Crippen LogP contribution in [0.25, 0.3) is 0 Å². The molecule has 0 spiro atoms. The Bertz CT molecular complexity index is 502. The molecule has 0 bridgehead atoms. The van der Waals surface area contributed by atoms with Crippen LogP contribution in [0.1, 0.15) is 64.3 Å². The summed E-state index contributed by atoms with van der Waals surface area (Å²) in [5, 5.41) is 23.0. The van der Waals surface area contributed by atoms with Gasteiger partial charge in [0, 0.05) is 5.25 Å². The molecule has 0 N–H and O–H groups in total. The van der Waals surface area contributed by atoms with Gasteiger partial charge >= 0.3 is 0 Å². The molecule has 2 aliphatic carbocycles. The first-order valence-electron chi connectivity index (χ1n) is 8.16. The minimum atomic E-state index is 0.145. The Labute approximate surface area is 130 Å². The minimum absolute atomic E-state index is 0.145. The zero-order valence-electron chi connectivity index (χ0n) is 12.6. The molecule has 3 rings (SSSR count). The van der Waals surface area contributed by atoms with Crippen LogP contribution >= 0.6 is 11.8 Å². The van der Waals surface area contributed by atoms with E-state index in [9.17, 15) is 5.26 Å². The molecule has 2 saturated carbocycles. The summed E-state index contributed by atoms with van der Waals surface area (Å²) in [5.74, 6) is 0.898. The van der Waals surface area contributed by atoms with Gasteiger partial charge in [-0.1, -0.05) is 37.9 Å². The SMILES string of the molecule is CCC1CCC(C#N)C(Sc2nnnn2C2CCCC2)C1. The van der Waals surface area contributed by atoms with Crippen LogP contribution in [0.5, 0.6) is 0 Å². The van der Waals surface area contributed by atoms with Crippen molar-refractivity contribution in [1.82, 2.24) is 20.2 Å². The number of rotatable bonds is 4. The van der Waals surface area contributed by atoms with Crippen molar-refractivity contribution < 1.29 is 0 Å². The summed E-state index contributed by atoms with van der Waals surface area (Å²) in [5.41, 5.74) is 0. The van der Waals surface area contributed by atoms with Crippen molar-refractivity contribution in [1.29, 1.82) is 5.26 Å². The molecular formula is C15H23N5S. The zero-order valence-corrected chi connectivity index (χ0v) is 13.4. The predicted octanol–water partition coefficient (Wildman–Crippen LogP) is 3.60. The normalized spacial score (nSPS) is 30.4. The van der Waals surface area contributed by atoms with Gasteiger partial charge in [-0.3, -0.25) is 0 Å². The van der Waals surface area contributed by atoms with E-state index < -0.39 is 0 Å². The van der Waals surface area contributed by atoms with Gasteiger partial charge in [-0.15, -0.1) is 5.10 Å². The Morgan fingerprint density at radius 3 is 2.81 bits per heavy atom. The summed E-state index contributed by atoms with van der Waals surface area (Å²) in [6, 6.07) is 2.97. The fourth-order valence-corrected chi connectivity index (χ4v) is 5.01. The van der Waals surface area contributed by atoms with E-state index in [2.05, 4.69) is 28.5 Å². The van der Waals surface area contributed by atoms with E-state index in [1.54, 1.807) is 11.8 Å². The fourth-order valence-electron chi connectivity index (χ4n) is 3.64. The quantitative estimate of drug-likeness (QED) is 0.850. The van der Waals surface area contributed by atoms with Crippen molar-refractivity contribution in [3.05, 3.63) is 0 Å². The van der Waals surface area contributed by atoms with Gasteiger partial charge in [0.25, 0.3) is 0 Å². The number of hydrogen-bond donors (Lipinski definition) is 0. The largest absolute Gasteiger partial charge is 0.217 e. The highest BCUT2D eigenvalue weighted by atomic mass is 32.2. The molecular weight excluding hydrogens is 282 g/mol. The molecule has 0 aromatic carbocycles. The molecule has 21 heavy (non-hydrogen) atoms. The molecule has 6 heteroatoms. The molecule has 0 saturated heterocycles. The third kappa shape index (κ3) is 3.23. The fraction of sp³-hybridized carbons (Fsp3) is 0.867. The van der Waals surface area contributed by atoms with Gasteiger partial charge in [0.1, 0.15) is 0 Å². The molecule has 0 radical (unpaired) electrons. The minimum Gasteiger partial charge on any atom is -0.217 e. The smallest absolute Gasteiger partial charge is 0.209 e. The summed E-state index contributed by atoms with van der Waals surface area (Å²) in [6.07, 6.45) is 9.47. The van der Waals surface area contributed by atoms with Crippen molar-refractivity contribution in [3.8, 4) is 6.07 Å². The van der Waals surface area contributed by atoms with Crippen molar-refractivity contribution >= 4 is 11.8 Å². The number of thioether (sulfide) groups is 1. The lowest BCUT2D eigenvalue weighted by molar-refractivity contribution is 0.316. The van der Waals surface area contributed by atoms with E-state index in [4.69, 9.17) is 0 Å². The lowest BCUT2D eigenvalue weighted by Crippen LogP contribution is -2.26. The van der Waals surface area contributed by atoms with Gasteiger partial charge in [0.05, 0.1) is 18.0 Å². The van der Waals surface area contributed by atoms with Gasteiger partial charge in [0.15, 0.2) is 0 Å². The van der Waals surface area contributed by atoms with Crippen LogP contribution in [0, 0.1) is 23.2 Å². The highest BCUT2D eigenvalue weighted by Gasteiger charge is 2.33. The maximum Gasteiger partial charge on any atom is 0.209 e. The Balaban J connectivity index is 1.72. The summed E-state index contributed by atoms with van der Waals surface area (Å²) in [7, 11) is 0. The summed E-state index contributed by atoms with van der Waals surface area (Å²) in [4.78, 5) is 0. The number of aromatic nitrogens is 4. The highest BCUT2D eigenvalue weighted by Crippen LogP contribution is 2.41. The average Bonchev–Trinajstić information content (AvgIpc) is 3.17. The second-order valence-corrected chi connectivity index (χ2v) is 7.53. The van der Waals surface area contributed by atoms with Crippen LogP contribution in [0.15, 0.2) is 5.16 Å². The predicted molar refractivity (Wildman–Crippen MR) is 81.7 cm³/mol. The summed E-state index contributed by atoms with van der Waals surface area (Å²) in [6.45, 7) is 2.25. The lowest BCUT2D eigenvalue weighted by atomic mass is 9.81. The van der Waals surface area contributed by atoms with Crippen LogP contribution in [0.3, 0.4) is 0 Å². The number of nitrogens with zero attached hydrogens (tertiary/aromatic N) is 5. The first kappa shape index (κ1) is 14.8. The first-order chi connectivity index (χ1) is 10.3. The third-order valence-corrected chi connectivity index (χ3v) is 6.34. The van der Waals surface area contributed by atoms with E-state index in [1.165, 1.54) is 38.5 Å². The maximum atomic E-state index is 9.41. The maximum absolute atomic E-state index is 9.41. The van der Waals surface area contributed by atoms with Crippen LogP contribution < -0.4 is 0 Å². The molecule has 1 heterocycles. The monoisotopic (exact) mass is 305 g/mol. The van der Waals surface area contributed by atoms with Crippen molar-refractivity contribution in [2.45, 2.75) is 74.7 Å². The summed E-state index contributed by atoms with van der Waals surface area (Å²) < 4.78 is 2.02. The van der Waals surface area contributed by atoms with Crippen LogP contribution in [0.2, 0.25) is 0 Å². The van der Waals surface area contributed by atoms with Gasteiger partial charge in [0.2, 0.25) is 5.16 Å².